The Balaban J connectivity index is 0.00000144. The SMILES string of the molecule is Cn1cnnc1CN=C(N)N1CCSCC1.I. The summed E-state index contributed by atoms with van der Waals surface area (Å²) in [6.07, 6.45) is 1.67. The van der Waals surface area contributed by atoms with Gasteiger partial charge >= 0.3 is 0 Å². The maximum atomic E-state index is 5.92. The van der Waals surface area contributed by atoms with Crippen LogP contribution in [-0.2, 0) is 13.6 Å². The van der Waals surface area contributed by atoms with Crippen molar-refractivity contribution in [2.45, 2.75) is 6.54 Å². The second-order valence-corrected chi connectivity index (χ2v) is 4.86. The molecule has 0 radical (unpaired) electrons. The Morgan fingerprint density at radius 3 is 2.82 bits per heavy atom. The summed E-state index contributed by atoms with van der Waals surface area (Å²) in [7, 11) is 1.90. The van der Waals surface area contributed by atoms with Gasteiger partial charge in [-0.15, -0.1) is 34.2 Å². The van der Waals surface area contributed by atoms with Crippen LogP contribution in [0.5, 0.6) is 0 Å². The summed E-state index contributed by atoms with van der Waals surface area (Å²) in [5.74, 6) is 3.69. The van der Waals surface area contributed by atoms with E-state index in [9.17, 15) is 0 Å². The van der Waals surface area contributed by atoms with Crippen LogP contribution in [0.15, 0.2) is 11.3 Å². The van der Waals surface area contributed by atoms with Gasteiger partial charge in [0, 0.05) is 31.6 Å². The van der Waals surface area contributed by atoms with Crippen LogP contribution in [0.2, 0.25) is 0 Å². The highest BCUT2D eigenvalue weighted by Gasteiger charge is 2.12. The fraction of sp³-hybridized carbons (Fsp3) is 0.667. The summed E-state index contributed by atoms with van der Waals surface area (Å²) in [6.45, 7) is 2.46. The van der Waals surface area contributed by atoms with Crippen molar-refractivity contribution >= 4 is 41.7 Å². The van der Waals surface area contributed by atoms with Gasteiger partial charge in [-0.3, -0.25) is 0 Å². The summed E-state index contributed by atoms with van der Waals surface area (Å²) in [4.78, 5) is 6.46. The number of thioether (sulfide) groups is 1. The van der Waals surface area contributed by atoms with E-state index < -0.39 is 0 Å². The van der Waals surface area contributed by atoms with E-state index in [-0.39, 0.29) is 24.0 Å². The van der Waals surface area contributed by atoms with Gasteiger partial charge in [0.05, 0.1) is 0 Å². The van der Waals surface area contributed by atoms with E-state index >= 15 is 0 Å². The second-order valence-electron chi connectivity index (χ2n) is 3.63. The lowest BCUT2D eigenvalue weighted by molar-refractivity contribution is 0.455. The van der Waals surface area contributed by atoms with Gasteiger partial charge in [-0.05, 0) is 0 Å². The molecule has 1 fully saturated rings. The van der Waals surface area contributed by atoms with Crippen LogP contribution < -0.4 is 5.73 Å². The highest BCUT2D eigenvalue weighted by molar-refractivity contribution is 14.0. The van der Waals surface area contributed by atoms with Crippen LogP contribution in [-0.4, -0.2) is 50.2 Å². The molecule has 96 valence electrons. The lowest BCUT2D eigenvalue weighted by Gasteiger charge is -2.27. The Labute approximate surface area is 122 Å². The molecule has 0 bridgehead atoms. The molecule has 0 unspecified atom stereocenters. The van der Waals surface area contributed by atoms with Crippen molar-refractivity contribution in [2.75, 3.05) is 24.6 Å². The minimum atomic E-state index is 0. The van der Waals surface area contributed by atoms with E-state index in [0.717, 1.165) is 30.4 Å². The van der Waals surface area contributed by atoms with Gasteiger partial charge in [0.25, 0.3) is 0 Å². The first-order valence-corrected chi connectivity index (χ1v) is 6.38. The topological polar surface area (TPSA) is 72.3 Å². The second kappa shape index (κ2) is 7.04. The molecule has 1 aromatic heterocycles. The molecule has 1 saturated heterocycles. The molecule has 0 amide bonds. The third-order valence-electron chi connectivity index (χ3n) is 2.52. The van der Waals surface area contributed by atoms with E-state index in [1.54, 1.807) is 6.33 Å². The molecule has 17 heavy (non-hydrogen) atoms. The number of aryl methyl sites for hydroxylation is 1. The summed E-state index contributed by atoms with van der Waals surface area (Å²) < 4.78 is 1.85. The van der Waals surface area contributed by atoms with Crippen molar-refractivity contribution in [1.82, 2.24) is 19.7 Å². The van der Waals surface area contributed by atoms with Crippen molar-refractivity contribution in [3.8, 4) is 0 Å². The van der Waals surface area contributed by atoms with Crippen LogP contribution in [0.3, 0.4) is 0 Å². The van der Waals surface area contributed by atoms with E-state index in [0.29, 0.717) is 12.5 Å². The van der Waals surface area contributed by atoms with Crippen LogP contribution >= 0.6 is 35.7 Å². The Morgan fingerprint density at radius 2 is 2.24 bits per heavy atom. The van der Waals surface area contributed by atoms with Crippen LogP contribution in [0.1, 0.15) is 5.82 Å². The van der Waals surface area contributed by atoms with E-state index in [2.05, 4.69) is 20.1 Å². The van der Waals surface area contributed by atoms with Crippen molar-refractivity contribution in [1.29, 1.82) is 0 Å². The first-order chi connectivity index (χ1) is 7.77. The molecule has 1 aliphatic heterocycles. The third kappa shape index (κ3) is 4.02. The van der Waals surface area contributed by atoms with Gasteiger partial charge in [-0.25, -0.2) is 4.99 Å². The zero-order chi connectivity index (χ0) is 11.4. The predicted octanol–water partition coefficient (Wildman–Crippen LogP) is 0.297. The molecule has 1 aromatic rings. The van der Waals surface area contributed by atoms with Gasteiger partial charge in [0.2, 0.25) is 0 Å². The number of hydrogen-bond donors (Lipinski definition) is 1. The highest BCUT2D eigenvalue weighted by Crippen LogP contribution is 2.08. The molecular formula is C9H17IN6S. The molecule has 0 atom stereocenters. The molecular weight excluding hydrogens is 351 g/mol. The van der Waals surface area contributed by atoms with Crippen LogP contribution in [0, 0.1) is 0 Å². The lowest BCUT2D eigenvalue weighted by atomic mass is 10.5. The van der Waals surface area contributed by atoms with Gasteiger partial charge in [-0.2, -0.15) is 11.8 Å². The molecule has 2 rings (SSSR count). The minimum Gasteiger partial charge on any atom is -0.370 e. The van der Waals surface area contributed by atoms with Crippen LogP contribution in [0.4, 0.5) is 0 Å². The summed E-state index contributed by atoms with van der Waals surface area (Å²) in [6, 6.07) is 0. The number of halogens is 1. The Bertz CT molecular complexity index is 373. The molecule has 0 saturated carbocycles. The maximum Gasteiger partial charge on any atom is 0.191 e. The molecule has 8 heteroatoms. The van der Waals surface area contributed by atoms with E-state index in [4.69, 9.17) is 5.73 Å². The normalized spacial score (nSPS) is 16.8. The quantitative estimate of drug-likeness (QED) is 0.462. The molecule has 2 N–H and O–H groups in total. The van der Waals surface area contributed by atoms with Crippen LogP contribution in [0.25, 0.3) is 0 Å². The molecule has 0 aromatic carbocycles. The average molecular weight is 368 g/mol. The number of nitrogens with two attached hydrogens (primary N) is 1. The van der Waals surface area contributed by atoms with Gasteiger partial charge in [0.15, 0.2) is 11.8 Å². The molecule has 1 aliphatic rings. The van der Waals surface area contributed by atoms with Crippen molar-refractivity contribution in [3.05, 3.63) is 12.2 Å². The fourth-order valence-electron chi connectivity index (χ4n) is 1.49. The standard InChI is InChI=1S/C9H16N6S.HI/c1-14-7-12-13-8(14)6-11-9(10)15-2-4-16-5-3-15;/h7H,2-6H2,1H3,(H2,10,11);1H. The maximum absolute atomic E-state index is 5.92. The molecule has 0 aliphatic carbocycles. The Hall–Kier alpha value is -0.510. The lowest BCUT2D eigenvalue weighted by Crippen LogP contribution is -2.42. The number of nitrogens with zero attached hydrogens (tertiary/aromatic N) is 5. The first kappa shape index (κ1) is 14.6. The number of aliphatic imine (C=N–C) groups is 1. The minimum absolute atomic E-state index is 0. The Kier molecular flexibility index (Phi) is 6.03. The monoisotopic (exact) mass is 368 g/mol. The van der Waals surface area contributed by atoms with Gasteiger partial charge in [0.1, 0.15) is 12.9 Å². The van der Waals surface area contributed by atoms with Gasteiger partial charge < -0.3 is 15.2 Å². The van der Waals surface area contributed by atoms with Crippen molar-refractivity contribution in [3.63, 3.8) is 0 Å². The third-order valence-corrected chi connectivity index (χ3v) is 3.47. The smallest absolute Gasteiger partial charge is 0.191 e. The first-order valence-electron chi connectivity index (χ1n) is 5.23. The molecule has 0 spiro atoms. The molecule has 6 nitrogen and oxygen atoms in total. The average Bonchev–Trinajstić information content (AvgIpc) is 2.73. The number of guanidine groups is 1. The predicted molar refractivity (Wildman–Crippen MR) is 80.6 cm³/mol. The van der Waals surface area contributed by atoms with E-state index in [1.807, 2.05) is 23.4 Å². The highest BCUT2D eigenvalue weighted by atomic mass is 127. The van der Waals surface area contributed by atoms with Crippen molar-refractivity contribution < 1.29 is 0 Å². The fourth-order valence-corrected chi connectivity index (χ4v) is 2.40. The largest absolute Gasteiger partial charge is 0.370 e. The number of aromatic nitrogens is 3. The summed E-state index contributed by atoms with van der Waals surface area (Å²) >= 11 is 1.96. The van der Waals surface area contributed by atoms with Crippen molar-refractivity contribution in [2.24, 2.45) is 17.8 Å². The number of rotatable bonds is 2. The zero-order valence-corrected chi connectivity index (χ0v) is 12.9. The Morgan fingerprint density at radius 1 is 1.53 bits per heavy atom. The van der Waals surface area contributed by atoms with Gasteiger partial charge in [-0.1, -0.05) is 0 Å². The summed E-state index contributed by atoms with van der Waals surface area (Å²) in [5.41, 5.74) is 5.92. The summed E-state index contributed by atoms with van der Waals surface area (Å²) in [5, 5.41) is 7.76. The van der Waals surface area contributed by atoms with E-state index in [1.165, 1.54) is 0 Å². The number of hydrogen-bond acceptors (Lipinski definition) is 4. The zero-order valence-electron chi connectivity index (χ0n) is 9.74. The molecule has 2 heterocycles.